The Kier molecular flexibility index (Phi) is 7.61. The summed E-state index contributed by atoms with van der Waals surface area (Å²) in [4.78, 5) is 23.0. The highest BCUT2D eigenvalue weighted by molar-refractivity contribution is 5.80. The zero-order valence-electron chi connectivity index (χ0n) is 18.8. The van der Waals surface area contributed by atoms with Crippen LogP contribution in [0.4, 0.5) is 0 Å². The van der Waals surface area contributed by atoms with Crippen LogP contribution in [0.15, 0.2) is 48.5 Å². The average Bonchev–Trinajstić information content (AvgIpc) is 3.26. The number of aliphatic hydroxyl groups is 1. The maximum absolute atomic E-state index is 11.7. The number of carbonyl (C=O) groups is 2. The van der Waals surface area contributed by atoms with Crippen molar-refractivity contribution in [3.05, 3.63) is 59.7 Å². The van der Waals surface area contributed by atoms with E-state index < -0.39 is 29.1 Å². The standard InChI is InChI=1S/C25H30O8/c1-24(2,22(27)28)18-7-9-20(10-8-18)31-15-19(26)16-32-21-6-3-5-17(13-21)14-25(23(29)30)11-4-12-33-25/h3,5-10,13,19,26H,4,11-12,14-16H2,1-2H3,(H,27,28)(H,29,30)/t19-,25?/m1/s1. The van der Waals surface area contributed by atoms with E-state index in [1.807, 2.05) is 6.07 Å². The van der Waals surface area contributed by atoms with E-state index in [9.17, 15) is 24.9 Å². The molecule has 0 saturated carbocycles. The van der Waals surface area contributed by atoms with Gasteiger partial charge in [-0.2, -0.15) is 0 Å². The van der Waals surface area contributed by atoms with Crippen molar-refractivity contribution < 1.29 is 39.1 Å². The SMILES string of the molecule is CC(C)(C(=O)O)c1ccc(OC[C@@H](O)COc2cccc(CC3(C(=O)O)CCCO3)c2)cc1. The molecule has 1 unspecified atom stereocenters. The highest BCUT2D eigenvalue weighted by atomic mass is 16.5. The van der Waals surface area contributed by atoms with E-state index in [2.05, 4.69) is 0 Å². The second-order valence-electron chi connectivity index (χ2n) is 8.81. The van der Waals surface area contributed by atoms with Gasteiger partial charge in [-0.05, 0) is 62.1 Å². The van der Waals surface area contributed by atoms with Gasteiger partial charge in [0.25, 0.3) is 0 Å². The van der Waals surface area contributed by atoms with Crippen molar-refractivity contribution in [2.75, 3.05) is 19.8 Å². The highest BCUT2D eigenvalue weighted by Gasteiger charge is 2.43. The molecule has 1 heterocycles. The van der Waals surface area contributed by atoms with Crippen molar-refractivity contribution in [2.45, 2.75) is 50.2 Å². The number of hydrogen-bond donors (Lipinski definition) is 3. The Bertz CT molecular complexity index is 961. The van der Waals surface area contributed by atoms with Gasteiger partial charge in [0.15, 0.2) is 5.60 Å². The first-order valence-corrected chi connectivity index (χ1v) is 10.9. The molecule has 0 bridgehead atoms. The Morgan fingerprint density at radius 3 is 2.30 bits per heavy atom. The molecular formula is C25H30O8. The van der Waals surface area contributed by atoms with Crippen LogP contribution in [0.25, 0.3) is 0 Å². The number of ether oxygens (including phenoxy) is 3. The molecule has 1 aliphatic rings. The van der Waals surface area contributed by atoms with Crippen molar-refractivity contribution in [3.63, 3.8) is 0 Å². The molecule has 3 rings (SSSR count). The highest BCUT2D eigenvalue weighted by Crippen LogP contribution is 2.31. The van der Waals surface area contributed by atoms with Crippen LogP contribution < -0.4 is 9.47 Å². The van der Waals surface area contributed by atoms with E-state index in [-0.39, 0.29) is 19.6 Å². The molecule has 8 heteroatoms. The van der Waals surface area contributed by atoms with E-state index in [0.29, 0.717) is 36.5 Å². The van der Waals surface area contributed by atoms with E-state index in [0.717, 1.165) is 5.56 Å². The minimum absolute atomic E-state index is 0.00265. The van der Waals surface area contributed by atoms with Crippen molar-refractivity contribution in [2.24, 2.45) is 0 Å². The lowest BCUT2D eigenvalue weighted by atomic mass is 9.85. The maximum Gasteiger partial charge on any atom is 0.336 e. The zero-order chi connectivity index (χ0) is 24.1. The monoisotopic (exact) mass is 458 g/mol. The van der Waals surface area contributed by atoms with Crippen molar-refractivity contribution in [1.29, 1.82) is 0 Å². The Hall–Kier alpha value is -3.10. The van der Waals surface area contributed by atoms with Crippen LogP contribution in [0, 0.1) is 0 Å². The van der Waals surface area contributed by atoms with Gasteiger partial charge in [-0.1, -0.05) is 24.3 Å². The number of benzene rings is 2. The second-order valence-corrected chi connectivity index (χ2v) is 8.81. The summed E-state index contributed by atoms with van der Waals surface area (Å²) in [5.74, 6) is -0.845. The molecule has 0 radical (unpaired) electrons. The van der Waals surface area contributed by atoms with Gasteiger partial charge in [-0.15, -0.1) is 0 Å². The minimum Gasteiger partial charge on any atom is -0.491 e. The first kappa shape index (κ1) is 24.5. The number of carboxylic acid groups (broad SMARTS) is 2. The third kappa shape index (κ3) is 6.03. The second kappa shape index (κ2) is 10.2. The van der Waals surface area contributed by atoms with E-state index in [1.54, 1.807) is 56.3 Å². The smallest absolute Gasteiger partial charge is 0.336 e. The molecule has 1 saturated heterocycles. The Labute approximate surface area is 192 Å². The van der Waals surface area contributed by atoms with E-state index in [4.69, 9.17) is 14.2 Å². The largest absolute Gasteiger partial charge is 0.491 e. The van der Waals surface area contributed by atoms with E-state index >= 15 is 0 Å². The van der Waals surface area contributed by atoms with Gasteiger partial charge in [-0.25, -0.2) is 4.79 Å². The van der Waals surface area contributed by atoms with Gasteiger partial charge in [0.1, 0.15) is 30.8 Å². The van der Waals surface area contributed by atoms with Crippen LogP contribution in [0.1, 0.15) is 37.8 Å². The predicted octanol–water partition coefficient (Wildman–Crippen LogP) is 3.04. The van der Waals surface area contributed by atoms with Crippen LogP contribution in [0.5, 0.6) is 11.5 Å². The molecule has 2 aromatic rings. The van der Waals surface area contributed by atoms with Gasteiger partial charge in [0.05, 0.1) is 5.41 Å². The lowest BCUT2D eigenvalue weighted by molar-refractivity contribution is -0.159. The summed E-state index contributed by atoms with van der Waals surface area (Å²) in [7, 11) is 0. The van der Waals surface area contributed by atoms with Gasteiger partial charge >= 0.3 is 11.9 Å². The van der Waals surface area contributed by atoms with Crippen LogP contribution in [0.3, 0.4) is 0 Å². The molecule has 33 heavy (non-hydrogen) atoms. The fraction of sp³-hybridized carbons (Fsp3) is 0.440. The van der Waals surface area contributed by atoms with Crippen molar-refractivity contribution in [3.8, 4) is 11.5 Å². The van der Waals surface area contributed by atoms with Gasteiger partial charge in [0.2, 0.25) is 0 Å². The van der Waals surface area contributed by atoms with Crippen molar-refractivity contribution >= 4 is 11.9 Å². The summed E-state index contributed by atoms with van der Waals surface area (Å²) in [5.41, 5.74) is -0.763. The normalized spacial score (nSPS) is 19.1. The molecule has 1 fully saturated rings. The Morgan fingerprint density at radius 1 is 1.06 bits per heavy atom. The molecule has 8 nitrogen and oxygen atoms in total. The molecule has 0 amide bonds. The van der Waals surface area contributed by atoms with Gasteiger partial charge in [0, 0.05) is 13.0 Å². The van der Waals surface area contributed by atoms with Crippen LogP contribution in [0.2, 0.25) is 0 Å². The number of rotatable bonds is 11. The van der Waals surface area contributed by atoms with Gasteiger partial charge in [-0.3, -0.25) is 4.79 Å². The number of hydrogen-bond acceptors (Lipinski definition) is 6. The Balaban J connectivity index is 1.50. The molecule has 1 aliphatic heterocycles. The topological polar surface area (TPSA) is 123 Å². The molecule has 0 aliphatic carbocycles. The summed E-state index contributed by atoms with van der Waals surface area (Å²) < 4.78 is 16.8. The number of aliphatic hydroxyl groups excluding tert-OH is 1. The first-order chi connectivity index (χ1) is 15.6. The predicted molar refractivity (Wildman–Crippen MR) is 120 cm³/mol. The van der Waals surface area contributed by atoms with Crippen LogP contribution >= 0.6 is 0 Å². The molecular weight excluding hydrogens is 428 g/mol. The molecule has 2 aromatic carbocycles. The lowest BCUT2D eigenvalue weighted by Crippen LogP contribution is -2.40. The Morgan fingerprint density at radius 2 is 1.73 bits per heavy atom. The molecule has 3 N–H and O–H groups in total. The third-order valence-electron chi connectivity index (χ3n) is 5.88. The number of carboxylic acids is 2. The summed E-state index contributed by atoms with van der Waals surface area (Å²) in [6.45, 7) is 3.69. The quantitative estimate of drug-likeness (QED) is 0.470. The fourth-order valence-electron chi connectivity index (χ4n) is 3.68. The minimum atomic E-state index is -1.19. The first-order valence-electron chi connectivity index (χ1n) is 10.9. The molecule has 0 aromatic heterocycles. The van der Waals surface area contributed by atoms with Crippen LogP contribution in [-0.2, 0) is 26.2 Å². The average molecular weight is 459 g/mol. The van der Waals surface area contributed by atoms with Crippen molar-refractivity contribution in [1.82, 2.24) is 0 Å². The summed E-state index contributed by atoms with van der Waals surface area (Å²) in [6, 6.07) is 13.8. The maximum atomic E-state index is 11.7. The van der Waals surface area contributed by atoms with E-state index in [1.165, 1.54) is 0 Å². The zero-order valence-corrected chi connectivity index (χ0v) is 18.8. The van der Waals surface area contributed by atoms with Gasteiger partial charge < -0.3 is 29.5 Å². The molecule has 0 spiro atoms. The lowest BCUT2D eigenvalue weighted by Gasteiger charge is -2.23. The summed E-state index contributed by atoms with van der Waals surface area (Å²) in [5, 5.41) is 29.1. The molecule has 178 valence electrons. The van der Waals surface area contributed by atoms with Crippen LogP contribution in [-0.4, -0.2) is 58.8 Å². The number of aliphatic carboxylic acids is 2. The summed E-state index contributed by atoms with van der Waals surface area (Å²) >= 11 is 0. The third-order valence-corrected chi connectivity index (χ3v) is 5.88. The molecule has 2 atom stereocenters. The summed E-state index contributed by atoms with van der Waals surface area (Å²) in [6.07, 6.45) is 0.541. The fourth-order valence-corrected chi connectivity index (χ4v) is 3.68.